The molecule has 1 aromatic rings. The number of aliphatic carboxylic acids is 1. The summed E-state index contributed by atoms with van der Waals surface area (Å²) in [6.45, 7) is 4.11. The van der Waals surface area contributed by atoms with Crippen LogP contribution in [0.1, 0.15) is 22.3 Å². The maximum atomic E-state index is 12.3. The first-order valence-corrected chi connectivity index (χ1v) is 5.91. The van der Waals surface area contributed by atoms with Crippen LogP contribution in [0.25, 0.3) is 5.70 Å². The molecule has 0 saturated heterocycles. The van der Waals surface area contributed by atoms with Crippen molar-refractivity contribution >= 4 is 17.6 Å². The van der Waals surface area contributed by atoms with E-state index in [4.69, 9.17) is 4.74 Å². The Kier molecular flexibility index (Phi) is 3.66. The summed E-state index contributed by atoms with van der Waals surface area (Å²) in [5, 5.41) is 9.28. The Balaban J connectivity index is 2.33. The molecule has 0 saturated carbocycles. The number of methoxy groups -OCH3 is 1. The number of carbonyl (C=O) groups is 2. The SMILES string of the molecule is C=C1c2ccccc2C(=O)N1C(CCOC)C(=O)O. The molecule has 2 rings (SSSR count). The van der Waals surface area contributed by atoms with Gasteiger partial charge >= 0.3 is 5.97 Å². The normalized spacial score (nSPS) is 15.5. The molecule has 1 aliphatic heterocycles. The van der Waals surface area contributed by atoms with Crippen LogP contribution in [0.2, 0.25) is 0 Å². The van der Waals surface area contributed by atoms with E-state index in [0.29, 0.717) is 16.8 Å². The molecule has 19 heavy (non-hydrogen) atoms. The molecule has 0 spiro atoms. The summed E-state index contributed by atoms with van der Waals surface area (Å²) in [5.41, 5.74) is 1.62. The second-order valence-corrected chi connectivity index (χ2v) is 4.30. The average molecular weight is 261 g/mol. The molecule has 1 unspecified atom stereocenters. The van der Waals surface area contributed by atoms with E-state index in [1.54, 1.807) is 24.3 Å². The minimum atomic E-state index is -1.06. The largest absolute Gasteiger partial charge is 0.480 e. The third-order valence-corrected chi connectivity index (χ3v) is 3.17. The third kappa shape index (κ3) is 2.24. The van der Waals surface area contributed by atoms with Crippen molar-refractivity contribution in [2.75, 3.05) is 13.7 Å². The third-order valence-electron chi connectivity index (χ3n) is 3.17. The van der Waals surface area contributed by atoms with Gasteiger partial charge in [-0.05, 0) is 6.07 Å². The Morgan fingerprint density at radius 3 is 2.58 bits per heavy atom. The second-order valence-electron chi connectivity index (χ2n) is 4.30. The standard InChI is InChI=1S/C14H15NO4/c1-9-10-5-3-4-6-11(10)13(16)15(9)12(14(17)18)7-8-19-2/h3-6,12H,1,7-8H2,2H3,(H,17,18). The van der Waals surface area contributed by atoms with Crippen molar-refractivity contribution in [1.29, 1.82) is 0 Å². The van der Waals surface area contributed by atoms with Gasteiger partial charge in [-0.1, -0.05) is 24.8 Å². The molecule has 0 radical (unpaired) electrons. The minimum absolute atomic E-state index is 0.227. The van der Waals surface area contributed by atoms with Gasteiger partial charge in [0.15, 0.2) is 0 Å². The van der Waals surface area contributed by atoms with Crippen molar-refractivity contribution in [3.05, 3.63) is 42.0 Å². The van der Waals surface area contributed by atoms with E-state index < -0.39 is 12.0 Å². The van der Waals surface area contributed by atoms with Crippen LogP contribution in [0.3, 0.4) is 0 Å². The van der Waals surface area contributed by atoms with Gasteiger partial charge in [0.2, 0.25) is 0 Å². The molecule has 0 aromatic heterocycles. The van der Waals surface area contributed by atoms with Gasteiger partial charge in [-0.3, -0.25) is 9.69 Å². The molecule has 1 heterocycles. The fourth-order valence-corrected chi connectivity index (χ4v) is 2.23. The first-order valence-electron chi connectivity index (χ1n) is 5.91. The maximum Gasteiger partial charge on any atom is 0.326 e. The molecule has 1 N–H and O–H groups in total. The molecule has 0 fully saturated rings. The molecule has 100 valence electrons. The molecule has 0 aliphatic carbocycles. The summed E-state index contributed by atoms with van der Waals surface area (Å²) in [5.74, 6) is -1.37. The topological polar surface area (TPSA) is 66.8 Å². The van der Waals surface area contributed by atoms with Gasteiger partial charge in [-0.15, -0.1) is 0 Å². The van der Waals surface area contributed by atoms with Gasteiger partial charge in [-0.2, -0.15) is 0 Å². The van der Waals surface area contributed by atoms with Crippen LogP contribution in [0.15, 0.2) is 30.8 Å². The summed E-state index contributed by atoms with van der Waals surface area (Å²) < 4.78 is 4.90. The smallest absolute Gasteiger partial charge is 0.326 e. The molecule has 1 atom stereocenters. The number of carboxylic acid groups (broad SMARTS) is 1. The molecule has 1 aliphatic rings. The molecule has 5 nitrogen and oxygen atoms in total. The lowest BCUT2D eigenvalue weighted by Crippen LogP contribution is -2.41. The zero-order valence-corrected chi connectivity index (χ0v) is 10.6. The summed E-state index contributed by atoms with van der Waals surface area (Å²) in [6.07, 6.45) is 0.227. The van der Waals surface area contributed by atoms with Crippen LogP contribution in [0, 0.1) is 0 Å². The Hall–Kier alpha value is -2.14. The lowest BCUT2D eigenvalue weighted by Gasteiger charge is -2.25. The number of amides is 1. The lowest BCUT2D eigenvalue weighted by molar-refractivity contribution is -0.141. The van der Waals surface area contributed by atoms with Gasteiger partial charge in [0.25, 0.3) is 5.91 Å². The summed E-state index contributed by atoms with van der Waals surface area (Å²) in [4.78, 5) is 24.9. The average Bonchev–Trinajstić information content (AvgIpc) is 2.64. The lowest BCUT2D eigenvalue weighted by atomic mass is 10.1. The van der Waals surface area contributed by atoms with E-state index >= 15 is 0 Å². The number of rotatable bonds is 5. The Morgan fingerprint density at radius 2 is 2.05 bits per heavy atom. The highest BCUT2D eigenvalue weighted by molar-refractivity contribution is 6.10. The first-order chi connectivity index (χ1) is 9.07. The predicted octanol–water partition coefficient (Wildman–Crippen LogP) is 1.60. The maximum absolute atomic E-state index is 12.3. The van der Waals surface area contributed by atoms with Gasteiger partial charge in [0.05, 0.1) is 0 Å². The van der Waals surface area contributed by atoms with E-state index in [2.05, 4.69) is 6.58 Å². The molecule has 1 amide bonds. The zero-order chi connectivity index (χ0) is 14.0. The number of hydrogen-bond donors (Lipinski definition) is 1. The highest BCUT2D eigenvalue weighted by atomic mass is 16.5. The van der Waals surface area contributed by atoms with Crippen molar-refractivity contribution in [2.45, 2.75) is 12.5 Å². The van der Waals surface area contributed by atoms with E-state index in [0.717, 1.165) is 0 Å². The van der Waals surface area contributed by atoms with Crippen molar-refractivity contribution in [1.82, 2.24) is 4.90 Å². The molecule has 5 heteroatoms. The van der Waals surface area contributed by atoms with E-state index in [9.17, 15) is 14.7 Å². The van der Waals surface area contributed by atoms with Crippen LogP contribution >= 0.6 is 0 Å². The summed E-state index contributed by atoms with van der Waals surface area (Å²) >= 11 is 0. The number of ether oxygens (including phenoxy) is 1. The van der Waals surface area contributed by atoms with Crippen LogP contribution in [-0.2, 0) is 9.53 Å². The van der Waals surface area contributed by atoms with Crippen LogP contribution in [-0.4, -0.2) is 41.6 Å². The first kappa shape index (κ1) is 13.3. The Morgan fingerprint density at radius 1 is 1.42 bits per heavy atom. The molecule has 1 aromatic carbocycles. The van der Waals surface area contributed by atoms with E-state index in [-0.39, 0.29) is 18.9 Å². The monoisotopic (exact) mass is 261 g/mol. The van der Waals surface area contributed by atoms with Crippen molar-refractivity contribution < 1.29 is 19.4 Å². The van der Waals surface area contributed by atoms with Crippen molar-refractivity contribution in [3.8, 4) is 0 Å². The van der Waals surface area contributed by atoms with Crippen molar-refractivity contribution in [3.63, 3.8) is 0 Å². The zero-order valence-electron chi connectivity index (χ0n) is 10.6. The van der Waals surface area contributed by atoms with Gasteiger partial charge in [0, 0.05) is 37.0 Å². The predicted molar refractivity (Wildman–Crippen MR) is 69.6 cm³/mol. The number of benzene rings is 1. The van der Waals surface area contributed by atoms with Crippen LogP contribution < -0.4 is 0 Å². The fraction of sp³-hybridized carbons (Fsp3) is 0.286. The number of hydrogen-bond acceptors (Lipinski definition) is 3. The van der Waals surface area contributed by atoms with Gasteiger partial charge < -0.3 is 9.84 Å². The number of fused-ring (bicyclic) bond motifs is 1. The fourth-order valence-electron chi connectivity index (χ4n) is 2.23. The highest BCUT2D eigenvalue weighted by Gasteiger charge is 2.38. The molecule has 0 bridgehead atoms. The van der Waals surface area contributed by atoms with E-state index in [1.807, 2.05) is 0 Å². The molecular formula is C14H15NO4. The molecular weight excluding hydrogens is 246 g/mol. The summed E-state index contributed by atoms with van der Waals surface area (Å²) in [7, 11) is 1.49. The quantitative estimate of drug-likeness (QED) is 0.874. The number of carboxylic acids is 1. The van der Waals surface area contributed by atoms with Crippen LogP contribution in [0.4, 0.5) is 0 Å². The second kappa shape index (κ2) is 5.24. The minimum Gasteiger partial charge on any atom is -0.480 e. The van der Waals surface area contributed by atoms with Crippen molar-refractivity contribution in [2.24, 2.45) is 0 Å². The van der Waals surface area contributed by atoms with Gasteiger partial charge in [-0.25, -0.2) is 4.79 Å². The van der Waals surface area contributed by atoms with E-state index in [1.165, 1.54) is 12.0 Å². The number of carbonyl (C=O) groups excluding carboxylic acids is 1. The Bertz CT molecular complexity index is 503. The Labute approximate surface area is 111 Å². The van der Waals surface area contributed by atoms with Crippen LogP contribution in [0.5, 0.6) is 0 Å². The number of nitrogens with zero attached hydrogens (tertiary/aromatic N) is 1. The van der Waals surface area contributed by atoms with Gasteiger partial charge in [0.1, 0.15) is 6.04 Å². The highest BCUT2D eigenvalue weighted by Crippen LogP contribution is 2.33. The summed E-state index contributed by atoms with van der Waals surface area (Å²) in [6, 6.07) is 6.04.